The largest absolute Gasteiger partial charge is 0.369 e. The van der Waals surface area contributed by atoms with Gasteiger partial charge in [-0.1, -0.05) is 0 Å². The molecule has 0 bridgehead atoms. The van der Waals surface area contributed by atoms with Gasteiger partial charge in [0.05, 0.1) is 12.6 Å². The summed E-state index contributed by atoms with van der Waals surface area (Å²) in [6.45, 7) is 2.65. The summed E-state index contributed by atoms with van der Waals surface area (Å²) in [5.74, 6) is 3.45. The fourth-order valence-electron chi connectivity index (χ4n) is 1.28. The van der Waals surface area contributed by atoms with E-state index in [0.29, 0.717) is 5.82 Å². The highest BCUT2D eigenvalue weighted by molar-refractivity contribution is 7.99. The summed E-state index contributed by atoms with van der Waals surface area (Å²) >= 11 is 1.87. The molecule has 0 spiro atoms. The van der Waals surface area contributed by atoms with Crippen LogP contribution >= 0.6 is 11.8 Å². The van der Waals surface area contributed by atoms with Crippen molar-refractivity contribution in [3.8, 4) is 0 Å². The second kappa shape index (κ2) is 4.29. The molecule has 2 rings (SSSR count). The molecule has 2 heterocycles. The number of hydrogen-bond acceptors (Lipinski definition) is 5. The lowest BCUT2D eigenvalue weighted by Crippen LogP contribution is -2.17. The lowest BCUT2D eigenvalue weighted by atomic mass is 10.3. The van der Waals surface area contributed by atoms with Crippen LogP contribution in [0.15, 0.2) is 0 Å². The zero-order valence-electron chi connectivity index (χ0n) is 8.06. The van der Waals surface area contributed by atoms with Gasteiger partial charge in [0.1, 0.15) is 6.10 Å². The zero-order chi connectivity index (χ0) is 9.97. The Bertz CT molecular complexity index is 295. The SMILES string of the molecule is CC(N)c1n[nH]c(C2CSCCO2)n1. The van der Waals surface area contributed by atoms with Crippen LogP contribution in [0.4, 0.5) is 0 Å². The van der Waals surface area contributed by atoms with E-state index in [-0.39, 0.29) is 12.1 Å². The van der Waals surface area contributed by atoms with Crippen molar-refractivity contribution >= 4 is 11.8 Å². The molecule has 1 saturated heterocycles. The molecule has 0 saturated carbocycles. The Morgan fingerprint density at radius 2 is 2.57 bits per heavy atom. The first-order valence-electron chi connectivity index (χ1n) is 4.64. The molecule has 1 fully saturated rings. The van der Waals surface area contributed by atoms with E-state index < -0.39 is 0 Å². The quantitative estimate of drug-likeness (QED) is 0.755. The Morgan fingerprint density at radius 1 is 1.71 bits per heavy atom. The van der Waals surface area contributed by atoms with Gasteiger partial charge in [0.15, 0.2) is 11.6 Å². The zero-order valence-corrected chi connectivity index (χ0v) is 8.88. The Balaban J connectivity index is 2.07. The van der Waals surface area contributed by atoms with E-state index in [1.807, 2.05) is 18.7 Å². The molecule has 0 aromatic carbocycles. The predicted molar refractivity (Wildman–Crippen MR) is 55.0 cm³/mol. The minimum atomic E-state index is -0.128. The van der Waals surface area contributed by atoms with Crippen molar-refractivity contribution in [3.05, 3.63) is 11.6 Å². The molecule has 0 radical (unpaired) electrons. The highest BCUT2D eigenvalue weighted by Gasteiger charge is 2.20. The second-order valence-corrected chi connectivity index (χ2v) is 4.45. The van der Waals surface area contributed by atoms with E-state index in [2.05, 4.69) is 15.2 Å². The number of H-pyrrole nitrogens is 1. The highest BCUT2D eigenvalue weighted by atomic mass is 32.2. The molecule has 5 nitrogen and oxygen atoms in total. The second-order valence-electron chi connectivity index (χ2n) is 3.30. The first kappa shape index (κ1) is 9.95. The van der Waals surface area contributed by atoms with Crippen molar-refractivity contribution in [1.82, 2.24) is 15.2 Å². The molecule has 1 aliphatic rings. The molecule has 2 unspecified atom stereocenters. The number of nitrogens with two attached hydrogens (primary N) is 1. The average Bonchev–Trinajstić information content (AvgIpc) is 2.68. The van der Waals surface area contributed by atoms with Gasteiger partial charge in [0.25, 0.3) is 0 Å². The summed E-state index contributed by atoms with van der Waals surface area (Å²) in [5, 5.41) is 6.92. The number of hydrogen-bond donors (Lipinski definition) is 2. The van der Waals surface area contributed by atoms with Gasteiger partial charge in [-0.05, 0) is 6.92 Å². The number of thioether (sulfide) groups is 1. The van der Waals surface area contributed by atoms with Gasteiger partial charge in [-0.2, -0.15) is 16.9 Å². The first-order valence-corrected chi connectivity index (χ1v) is 5.80. The monoisotopic (exact) mass is 214 g/mol. The van der Waals surface area contributed by atoms with Crippen LogP contribution in [-0.4, -0.2) is 33.3 Å². The lowest BCUT2D eigenvalue weighted by Gasteiger charge is -2.19. The number of rotatable bonds is 2. The van der Waals surface area contributed by atoms with Crippen molar-refractivity contribution in [2.24, 2.45) is 5.73 Å². The maximum atomic E-state index is 5.67. The lowest BCUT2D eigenvalue weighted by molar-refractivity contribution is 0.0696. The van der Waals surface area contributed by atoms with Gasteiger partial charge in [-0.15, -0.1) is 0 Å². The van der Waals surface area contributed by atoms with Gasteiger partial charge in [0, 0.05) is 11.5 Å². The van der Waals surface area contributed by atoms with Gasteiger partial charge in [0.2, 0.25) is 0 Å². The molecule has 0 amide bonds. The average molecular weight is 214 g/mol. The molecule has 78 valence electrons. The summed E-state index contributed by atoms with van der Waals surface area (Å²) in [7, 11) is 0. The fraction of sp³-hybridized carbons (Fsp3) is 0.750. The summed E-state index contributed by atoms with van der Waals surface area (Å²) in [6, 6.07) is -0.128. The van der Waals surface area contributed by atoms with Crippen molar-refractivity contribution < 1.29 is 4.74 Å². The van der Waals surface area contributed by atoms with Crippen LogP contribution in [0.2, 0.25) is 0 Å². The molecule has 2 atom stereocenters. The Hall–Kier alpha value is -0.590. The molecule has 1 aromatic rings. The third-order valence-corrected chi connectivity index (χ3v) is 3.04. The van der Waals surface area contributed by atoms with Crippen molar-refractivity contribution in [1.29, 1.82) is 0 Å². The van der Waals surface area contributed by atoms with E-state index in [1.54, 1.807) is 0 Å². The number of nitrogens with zero attached hydrogens (tertiary/aromatic N) is 2. The Kier molecular flexibility index (Phi) is 3.05. The van der Waals surface area contributed by atoms with Crippen molar-refractivity contribution in [2.45, 2.75) is 19.1 Å². The van der Waals surface area contributed by atoms with Crippen molar-refractivity contribution in [2.75, 3.05) is 18.1 Å². The third-order valence-electron chi connectivity index (χ3n) is 2.05. The minimum Gasteiger partial charge on any atom is -0.369 e. The molecule has 0 aliphatic carbocycles. The van der Waals surface area contributed by atoms with Crippen LogP contribution in [0, 0.1) is 0 Å². The minimum absolute atomic E-state index is 0.0498. The van der Waals surface area contributed by atoms with Crippen LogP contribution in [0.3, 0.4) is 0 Å². The molecule has 1 aliphatic heterocycles. The maximum absolute atomic E-state index is 5.67. The summed E-state index contributed by atoms with van der Waals surface area (Å²) in [5.41, 5.74) is 5.67. The van der Waals surface area contributed by atoms with Crippen molar-refractivity contribution in [3.63, 3.8) is 0 Å². The first-order chi connectivity index (χ1) is 6.77. The normalized spacial score (nSPS) is 24.9. The molecule has 1 aromatic heterocycles. The number of aromatic nitrogens is 3. The van der Waals surface area contributed by atoms with Crippen LogP contribution in [-0.2, 0) is 4.74 Å². The van der Waals surface area contributed by atoms with Gasteiger partial charge < -0.3 is 10.5 Å². The molecular formula is C8H14N4OS. The summed E-state index contributed by atoms with van der Waals surface area (Å²) in [4.78, 5) is 4.30. The summed E-state index contributed by atoms with van der Waals surface area (Å²) in [6.07, 6.45) is 0.0498. The Morgan fingerprint density at radius 3 is 3.14 bits per heavy atom. The van der Waals surface area contributed by atoms with E-state index in [1.165, 1.54) is 0 Å². The maximum Gasteiger partial charge on any atom is 0.167 e. The molecule has 3 N–H and O–H groups in total. The molecule has 6 heteroatoms. The number of aromatic amines is 1. The van der Waals surface area contributed by atoms with Crippen LogP contribution in [0.1, 0.15) is 30.7 Å². The van der Waals surface area contributed by atoms with E-state index in [0.717, 1.165) is 23.9 Å². The number of ether oxygens (including phenoxy) is 1. The van der Waals surface area contributed by atoms with Crippen LogP contribution in [0.25, 0.3) is 0 Å². The summed E-state index contributed by atoms with van der Waals surface area (Å²) < 4.78 is 5.56. The smallest absolute Gasteiger partial charge is 0.167 e. The van der Waals surface area contributed by atoms with E-state index in [9.17, 15) is 0 Å². The van der Waals surface area contributed by atoms with Gasteiger partial charge in [-0.3, -0.25) is 5.10 Å². The fourth-order valence-corrected chi connectivity index (χ4v) is 2.13. The van der Waals surface area contributed by atoms with E-state index >= 15 is 0 Å². The third kappa shape index (κ3) is 2.08. The predicted octanol–water partition coefficient (Wildman–Crippen LogP) is 0.629. The molecular weight excluding hydrogens is 200 g/mol. The van der Waals surface area contributed by atoms with E-state index in [4.69, 9.17) is 10.5 Å². The van der Waals surface area contributed by atoms with Gasteiger partial charge >= 0.3 is 0 Å². The van der Waals surface area contributed by atoms with Gasteiger partial charge in [-0.25, -0.2) is 4.98 Å². The standard InChI is InChI=1S/C8H14N4OS/c1-5(9)7-10-8(12-11-7)6-4-14-3-2-13-6/h5-6H,2-4,9H2,1H3,(H,10,11,12). The number of nitrogens with one attached hydrogen (secondary N) is 1. The Labute approximate surface area is 86.8 Å². The highest BCUT2D eigenvalue weighted by Crippen LogP contribution is 2.24. The van der Waals surface area contributed by atoms with Crippen LogP contribution in [0.5, 0.6) is 0 Å². The topological polar surface area (TPSA) is 76.8 Å². The molecule has 14 heavy (non-hydrogen) atoms. The van der Waals surface area contributed by atoms with Crippen LogP contribution < -0.4 is 5.73 Å².